The highest BCUT2D eigenvalue weighted by atomic mass is 16.6. The number of rotatable bonds is 3. The number of morpholine rings is 1. The molecule has 0 saturated carbocycles. The zero-order valence-corrected chi connectivity index (χ0v) is 13.6. The van der Waals surface area contributed by atoms with Crippen LogP contribution in [-0.4, -0.2) is 55.4 Å². The number of aromatic nitrogens is 2. The zero-order chi connectivity index (χ0) is 17.1. The van der Waals surface area contributed by atoms with Gasteiger partial charge in [-0.1, -0.05) is 0 Å². The number of amides is 1. The molecule has 8 nitrogen and oxygen atoms in total. The second-order valence-electron chi connectivity index (χ2n) is 5.67. The highest BCUT2D eigenvalue weighted by Gasteiger charge is 2.16. The first-order valence-corrected chi connectivity index (χ1v) is 8.15. The summed E-state index contributed by atoms with van der Waals surface area (Å²) < 4.78 is 16.3. The van der Waals surface area contributed by atoms with Crippen molar-refractivity contribution in [3.8, 4) is 11.5 Å². The molecule has 130 valence electrons. The molecule has 2 aromatic rings. The molecule has 4 rings (SSSR count). The van der Waals surface area contributed by atoms with Gasteiger partial charge in [-0.15, -0.1) is 0 Å². The van der Waals surface area contributed by atoms with Crippen molar-refractivity contribution < 1.29 is 19.0 Å². The van der Waals surface area contributed by atoms with E-state index in [1.54, 1.807) is 24.4 Å². The van der Waals surface area contributed by atoms with Crippen molar-refractivity contribution in [1.82, 2.24) is 9.97 Å². The Kier molecular flexibility index (Phi) is 4.34. The Balaban J connectivity index is 1.44. The molecule has 3 heterocycles. The molecule has 0 unspecified atom stereocenters. The van der Waals surface area contributed by atoms with E-state index < -0.39 is 0 Å². The maximum atomic E-state index is 12.4. The van der Waals surface area contributed by atoms with Gasteiger partial charge in [0.2, 0.25) is 0 Å². The van der Waals surface area contributed by atoms with Gasteiger partial charge in [-0.3, -0.25) is 4.79 Å². The Morgan fingerprint density at radius 1 is 1.00 bits per heavy atom. The van der Waals surface area contributed by atoms with E-state index in [-0.39, 0.29) is 11.6 Å². The quantitative estimate of drug-likeness (QED) is 0.901. The van der Waals surface area contributed by atoms with Gasteiger partial charge >= 0.3 is 0 Å². The van der Waals surface area contributed by atoms with E-state index in [0.717, 1.165) is 18.9 Å². The van der Waals surface area contributed by atoms with Crippen molar-refractivity contribution in [2.45, 2.75) is 0 Å². The summed E-state index contributed by atoms with van der Waals surface area (Å²) in [6.07, 6.45) is 3.10. The maximum absolute atomic E-state index is 12.4. The van der Waals surface area contributed by atoms with Crippen LogP contribution in [0.5, 0.6) is 11.5 Å². The van der Waals surface area contributed by atoms with E-state index in [1.165, 1.54) is 6.20 Å². The highest BCUT2D eigenvalue weighted by Crippen LogP contribution is 2.32. The molecule has 1 aromatic heterocycles. The van der Waals surface area contributed by atoms with Gasteiger partial charge in [0.15, 0.2) is 11.5 Å². The summed E-state index contributed by atoms with van der Waals surface area (Å²) >= 11 is 0. The summed E-state index contributed by atoms with van der Waals surface area (Å²) in [5.74, 6) is 1.73. The molecule has 2 aliphatic rings. The lowest BCUT2D eigenvalue weighted by molar-refractivity contribution is 0.102. The smallest absolute Gasteiger partial charge is 0.275 e. The van der Waals surface area contributed by atoms with E-state index in [1.807, 2.05) is 0 Å². The van der Waals surface area contributed by atoms with Crippen LogP contribution in [0.2, 0.25) is 0 Å². The molecular weight excluding hydrogens is 324 g/mol. The number of hydrogen-bond acceptors (Lipinski definition) is 7. The predicted octanol–water partition coefficient (Wildman–Crippen LogP) is 1.34. The van der Waals surface area contributed by atoms with Crippen LogP contribution in [-0.2, 0) is 4.74 Å². The van der Waals surface area contributed by atoms with Gasteiger partial charge in [0, 0.05) is 24.8 Å². The second kappa shape index (κ2) is 6.94. The fraction of sp³-hybridized carbons (Fsp3) is 0.353. The molecule has 0 spiro atoms. The maximum Gasteiger partial charge on any atom is 0.275 e. The van der Waals surface area contributed by atoms with Crippen LogP contribution >= 0.6 is 0 Å². The summed E-state index contributed by atoms with van der Waals surface area (Å²) in [5.41, 5.74) is 0.875. The van der Waals surface area contributed by atoms with E-state index >= 15 is 0 Å². The van der Waals surface area contributed by atoms with Gasteiger partial charge in [0.05, 0.1) is 25.6 Å². The topological polar surface area (TPSA) is 85.8 Å². The normalized spacial score (nSPS) is 16.4. The standard InChI is InChI=1S/C17H18N4O4/c22-17(20-12-1-2-14-15(9-12)25-8-7-24-14)13-10-19-16(11-18-13)21-3-5-23-6-4-21/h1-2,9-11H,3-8H2,(H,20,22). The molecule has 8 heteroatoms. The highest BCUT2D eigenvalue weighted by molar-refractivity contribution is 6.02. The van der Waals surface area contributed by atoms with Crippen LogP contribution in [0.15, 0.2) is 30.6 Å². The third kappa shape index (κ3) is 3.48. The lowest BCUT2D eigenvalue weighted by Crippen LogP contribution is -2.36. The van der Waals surface area contributed by atoms with Gasteiger partial charge in [-0.05, 0) is 12.1 Å². The van der Waals surface area contributed by atoms with Gasteiger partial charge in [0.25, 0.3) is 5.91 Å². The SMILES string of the molecule is O=C(Nc1ccc2c(c1)OCCO2)c1cnc(N2CCOCC2)cn1. The largest absolute Gasteiger partial charge is 0.486 e. The molecule has 25 heavy (non-hydrogen) atoms. The molecule has 1 amide bonds. The molecule has 1 fully saturated rings. The van der Waals surface area contributed by atoms with Crippen molar-refractivity contribution in [1.29, 1.82) is 0 Å². The number of carbonyl (C=O) groups excluding carboxylic acids is 1. The fourth-order valence-corrected chi connectivity index (χ4v) is 2.71. The van der Waals surface area contributed by atoms with Crippen LogP contribution < -0.4 is 19.7 Å². The van der Waals surface area contributed by atoms with Crippen LogP contribution in [0.4, 0.5) is 11.5 Å². The molecule has 0 atom stereocenters. The Hall–Kier alpha value is -2.87. The Morgan fingerprint density at radius 2 is 1.80 bits per heavy atom. The van der Waals surface area contributed by atoms with Crippen LogP contribution in [0.1, 0.15) is 10.5 Å². The average Bonchev–Trinajstić information content (AvgIpc) is 2.69. The number of nitrogens with one attached hydrogen (secondary N) is 1. The van der Waals surface area contributed by atoms with E-state index in [4.69, 9.17) is 14.2 Å². The number of nitrogens with zero attached hydrogens (tertiary/aromatic N) is 3. The molecule has 2 aliphatic heterocycles. The summed E-state index contributed by atoms with van der Waals surface area (Å²) in [7, 11) is 0. The van der Waals surface area contributed by atoms with Crippen molar-refractivity contribution in [3.63, 3.8) is 0 Å². The van der Waals surface area contributed by atoms with Crippen LogP contribution in [0.3, 0.4) is 0 Å². The molecule has 1 saturated heterocycles. The minimum atomic E-state index is -0.322. The lowest BCUT2D eigenvalue weighted by Gasteiger charge is -2.27. The minimum absolute atomic E-state index is 0.256. The molecule has 1 aromatic carbocycles. The monoisotopic (exact) mass is 342 g/mol. The Morgan fingerprint density at radius 3 is 2.56 bits per heavy atom. The third-order valence-corrected chi connectivity index (χ3v) is 4.01. The molecule has 1 N–H and O–H groups in total. The number of carbonyl (C=O) groups is 1. The first-order chi connectivity index (χ1) is 12.3. The Bertz CT molecular complexity index is 760. The second-order valence-corrected chi connectivity index (χ2v) is 5.67. The van der Waals surface area contributed by atoms with Gasteiger partial charge in [-0.25, -0.2) is 9.97 Å². The van der Waals surface area contributed by atoms with Gasteiger partial charge < -0.3 is 24.4 Å². The van der Waals surface area contributed by atoms with E-state index in [0.29, 0.717) is 43.6 Å². The third-order valence-electron chi connectivity index (χ3n) is 4.01. The number of ether oxygens (including phenoxy) is 3. The van der Waals surface area contributed by atoms with Crippen molar-refractivity contribution in [3.05, 3.63) is 36.3 Å². The summed E-state index contributed by atoms with van der Waals surface area (Å²) in [4.78, 5) is 23.0. The first-order valence-electron chi connectivity index (χ1n) is 8.15. The molecule has 0 aliphatic carbocycles. The average molecular weight is 342 g/mol. The van der Waals surface area contributed by atoms with Gasteiger partial charge in [0.1, 0.15) is 24.7 Å². The lowest BCUT2D eigenvalue weighted by atomic mass is 10.2. The predicted molar refractivity (Wildman–Crippen MR) is 90.4 cm³/mol. The Labute approximate surface area is 144 Å². The summed E-state index contributed by atoms with van der Waals surface area (Å²) in [5, 5.41) is 2.80. The van der Waals surface area contributed by atoms with Crippen molar-refractivity contribution >= 4 is 17.4 Å². The number of benzene rings is 1. The summed E-state index contributed by atoms with van der Waals surface area (Å²) in [6.45, 7) is 3.93. The first kappa shape index (κ1) is 15.6. The molecule has 0 radical (unpaired) electrons. The minimum Gasteiger partial charge on any atom is -0.486 e. The van der Waals surface area contributed by atoms with Gasteiger partial charge in [-0.2, -0.15) is 0 Å². The fourth-order valence-electron chi connectivity index (χ4n) is 2.71. The van der Waals surface area contributed by atoms with Crippen LogP contribution in [0.25, 0.3) is 0 Å². The van der Waals surface area contributed by atoms with Crippen LogP contribution in [0, 0.1) is 0 Å². The number of anilines is 2. The number of hydrogen-bond donors (Lipinski definition) is 1. The van der Waals surface area contributed by atoms with E-state index in [9.17, 15) is 4.79 Å². The van der Waals surface area contributed by atoms with Crippen molar-refractivity contribution in [2.75, 3.05) is 49.7 Å². The van der Waals surface area contributed by atoms with Crippen molar-refractivity contribution in [2.24, 2.45) is 0 Å². The van der Waals surface area contributed by atoms with E-state index in [2.05, 4.69) is 20.2 Å². The zero-order valence-electron chi connectivity index (χ0n) is 13.6. The molecular formula is C17H18N4O4. The number of fused-ring (bicyclic) bond motifs is 1. The summed E-state index contributed by atoms with van der Waals surface area (Å²) in [6, 6.07) is 5.28. The molecule has 0 bridgehead atoms.